The second-order valence-electron chi connectivity index (χ2n) is 7.33. The minimum Gasteiger partial charge on any atom is -0.389 e. The van der Waals surface area contributed by atoms with Crippen molar-refractivity contribution in [2.45, 2.75) is 63.9 Å². The standard InChI is InChI=1S/C19H29NO/c1-2-15-6-5-10-19(21,12-15)18(14-20)11-9-16-7-3-4-8-17(16)13-18/h3-4,7-8,15,21H,2,5-6,9-14,20H2,1H3. The maximum Gasteiger partial charge on any atom is 0.0721 e. The van der Waals surface area contributed by atoms with Gasteiger partial charge in [-0.05, 0) is 49.1 Å². The van der Waals surface area contributed by atoms with E-state index in [1.165, 1.54) is 24.0 Å². The first-order valence-corrected chi connectivity index (χ1v) is 8.62. The van der Waals surface area contributed by atoms with Gasteiger partial charge in [-0.2, -0.15) is 0 Å². The van der Waals surface area contributed by atoms with Crippen LogP contribution in [0.2, 0.25) is 0 Å². The molecule has 0 amide bonds. The predicted molar refractivity (Wildman–Crippen MR) is 87.2 cm³/mol. The number of hydrogen-bond donors (Lipinski definition) is 2. The number of benzene rings is 1. The van der Waals surface area contributed by atoms with Gasteiger partial charge in [-0.25, -0.2) is 0 Å². The van der Waals surface area contributed by atoms with Crippen LogP contribution in [0.3, 0.4) is 0 Å². The number of fused-ring (bicyclic) bond motifs is 1. The van der Waals surface area contributed by atoms with Gasteiger partial charge < -0.3 is 10.8 Å². The lowest BCUT2D eigenvalue weighted by atomic mass is 9.56. The Hall–Kier alpha value is -0.860. The highest BCUT2D eigenvalue weighted by atomic mass is 16.3. The van der Waals surface area contributed by atoms with Crippen molar-refractivity contribution >= 4 is 0 Å². The summed E-state index contributed by atoms with van der Waals surface area (Å²) in [7, 11) is 0. The van der Waals surface area contributed by atoms with Gasteiger partial charge in [0.15, 0.2) is 0 Å². The van der Waals surface area contributed by atoms with Crippen LogP contribution in [0.4, 0.5) is 0 Å². The fourth-order valence-electron chi connectivity index (χ4n) is 4.76. The molecule has 1 saturated carbocycles. The van der Waals surface area contributed by atoms with Crippen molar-refractivity contribution in [1.29, 1.82) is 0 Å². The SMILES string of the molecule is CCC1CCCC(O)(C2(CN)CCc3ccccc3C2)C1. The molecule has 1 fully saturated rings. The molecule has 2 aliphatic carbocycles. The summed E-state index contributed by atoms with van der Waals surface area (Å²) in [6, 6.07) is 8.69. The van der Waals surface area contributed by atoms with Crippen molar-refractivity contribution in [2.75, 3.05) is 6.54 Å². The first-order chi connectivity index (χ1) is 10.1. The maximum absolute atomic E-state index is 11.5. The molecule has 3 rings (SSSR count). The lowest BCUT2D eigenvalue weighted by Gasteiger charge is -2.53. The van der Waals surface area contributed by atoms with Crippen LogP contribution in [0.5, 0.6) is 0 Å². The van der Waals surface area contributed by atoms with Crippen molar-refractivity contribution in [3.63, 3.8) is 0 Å². The maximum atomic E-state index is 11.5. The number of nitrogens with two attached hydrogens (primary N) is 1. The van der Waals surface area contributed by atoms with Crippen LogP contribution in [0.1, 0.15) is 56.6 Å². The molecule has 3 N–H and O–H groups in total. The van der Waals surface area contributed by atoms with Crippen molar-refractivity contribution in [2.24, 2.45) is 17.1 Å². The molecule has 21 heavy (non-hydrogen) atoms. The molecule has 0 spiro atoms. The van der Waals surface area contributed by atoms with Gasteiger partial charge in [0.05, 0.1) is 5.60 Å². The fourth-order valence-corrected chi connectivity index (χ4v) is 4.76. The molecule has 0 aliphatic heterocycles. The van der Waals surface area contributed by atoms with Crippen LogP contribution in [0.25, 0.3) is 0 Å². The highest BCUT2D eigenvalue weighted by Crippen LogP contribution is 2.51. The quantitative estimate of drug-likeness (QED) is 0.894. The Balaban J connectivity index is 1.91. The summed E-state index contributed by atoms with van der Waals surface area (Å²) >= 11 is 0. The van der Waals surface area contributed by atoms with E-state index in [-0.39, 0.29) is 5.41 Å². The summed E-state index contributed by atoms with van der Waals surface area (Å²) in [4.78, 5) is 0. The zero-order chi connectivity index (χ0) is 14.9. The van der Waals surface area contributed by atoms with Gasteiger partial charge in [0, 0.05) is 12.0 Å². The molecule has 0 aromatic heterocycles. The summed E-state index contributed by atoms with van der Waals surface area (Å²) in [6.45, 7) is 2.86. The lowest BCUT2D eigenvalue weighted by molar-refractivity contribution is -0.124. The first kappa shape index (κ1) is 15.1. The third-order valence-electron chi connectivity index (χ3n) is 6.30. The summed E-state index contributed by atoms with van der Waals surface area (Å²) in [6.07, 6.45) is 8.53. The minimum absolute atomic E-state index is 0.116. The highest BCUT2D eigenvalue weighted by molar-refractivity contribution is 5.32. The van der Waals surface area contributed by atoms with Crippen molar-refractivity contribution < 1.29 is 5.11 Å². The van der Waals surface area contributed by atoms with Gasteiger partial charge >= 0.3 is 0 Å². The van der Waals surface area contributed by atoms with Gasteiger partial charge in [-0.1, -0.05) is 50.5 Å². The normalized spacial score (nSPS) is 36.2. The van der Waals surface area contributed by atoms with E-state index in [1.807, 2.05) is 0 Å². The van der Waals surface area contributed by atoms with Crippen LogP contribution in [-0.2, 0) is 12.8 Å². The van der Waals surface area contributed by atoms with Crippen molar-refractivity contribution in [3.05, 3.63) is 35.4 Å². The molecule has 2 heteroatoms. The van der Waals surface area contributed by atoms with Crippen LogP contribution in [0, 0.1) is 11.3 Å². The molecule has 2 aliphatic rings. The molecule has 3 unspecified atom stereocenters. The largest absolute Gasteiger partial charge is 0.389 e. The third-order valence-corrected chi connectivity index (χ3v) is 6.30. The van der Waals surface area contributed by atoms with Gasteiger partial charge in [-0.3, -0.25) is 0 Å². The highest BCUT2D eigenvalue weighted by Gasteiger charge is 2.52. The van der Waals surface area contributed by atoms with Crippen LogP contribution >= 0.6 is 0 Å². The monoisotopic (exact) mass is 287 g/mol. The Labute approximate surface area is 128 Å². The zero-order valence-corrected chi connectivity index (χ0v) is 13.3. The summed E-state index contributed by atoms with van der Waals surface area (Å²) < 4.78 is 0. The topological polar surface area (TPSA) is 46.2 Å². The third kappa shape index (κ3) is 2.53. The molecule has 0 saturated heterocycles. The molecule has 3 atom stereocenters. The van der Waals surface area contributed by atoms with Gasteiger partial charge in [0.2, 0.25) is 0 Å². The van der Waals surface area contributed by atoms with E-state index in [1.54, 1.807) is 0 Å². The van der Waals surface area contributed by atoms with Crippen LogP contribution < -0.4 is 5.73 Å². The second-order valence-corrected chi connectivity index (χ2v) is 7.33. The molecule has 1 aromatic carbocycles. The molecular weight excluding hydrogens is 258 g/mol. The molecule has 0 heterocycles. The van der Waals surface area contributed by atoms with Crippen molar-refractivity contribution in [3.8, 4) is 0 Å². The van der Waals surface area contributed by atoms with Gasteiger partial charge in [0.1, 0.15) is 0 Å². The minimum atomic E-state index is -0.561. The van der Waals surface area contributed by atoms with E-state index in [9.17, 15) is 5.11 Å². The zero-order valence-electron chi connectivity index (χ0n) is 13.3. The average Bonchev–Trinajstić information content (AvgIpc) is 2.54. The van der Waals surface area contributed by atoms with E-state index in [4.69, 9.17) is 5.73 Å². The summed E-state index contributed by atoms with van der Waals surface area (Å²) in [5.74, 6) is 0.671. The second kappa shape index (κ2) is 5.73. The number of rotatable bonds is 3. The fraction of sp³-hybridized carbons (Fsp3) is 0.684. The van der Waals surface area contributed by atoms with E-state index >= 15 is 0 Å². The lowest BCUT2D eigenvalue weighted by Crippen LogP contribution is -2.57. The molecule has 116 valence electrons. The Kier molecular flexibility index (Phi) is 4.11. The number of hydrogen-bond acceptors (Lipinski definition) is 2. The Morgan fingerprint density at radius 3 is 2.71 bits per heavy atom. The van der Waals surface area contributed by atoms with Crippen molar-refractivity contribution in [1.82, 2.24) is 0 Å². The first-order valence-electron chi connectivity index (χ1n) is 8.62. The Morgan fingerprint density at radius 1 is 1.24 bits per heavy atom. The van der Waals surface area contributed by atoms with Crippen LogP contribution in [-0.4, -0.2) is 17.3 Å². The van der Waals surface area contributed by atoms with E-state index in [0.29, 0.717) is 12.5 Å². The Morgan fingerprint density at radius 2 is 2.00 bits per heavy atom. The smallest absolute Gasteiger partial charge is 0.0721 e. The average molecular weight is 287 g/mol. The van der Waals surface area contributed by atoms with E-state index in [0.717, 1.165) is 38.5 Å². The summed E-state index contributed by atoms with van der Waals surface area (Å²) in [5.41, 5.74) is 8.42. The predicted octanol–water partition coefficient (Wildman–Crippen LogP) is 3.45. The van der Waals surface area contributed by atoms with Crippen LogP contribution in [0.15, 0.2) is 24.3 Å². The Bertz CT molecular complexity index is 500. The molecule has 1 aromatic rings. The molecule has 0 radical (unpaired) electrons. The summed E-state index contributed by atoms with van der Waals surface area (Å²) in [5, 5.41) is 11.5. The molecule has 0 bridgehead atoms. The van der Waals surface area contributed by atoms with Gasteiger partial charge in [0.25, 0.3) is 0 Å². The van der Waals surface area contributed by atoms with E-state index < -0.39 is 5.60 Å². The van der Waals surface area contributed by atoms with E-state index in [2.05, 4.69) is 31.2 Å². The van der Waals surface area contributed by atoms with Gasteiger partial charge in [-0.15, -0.1) is 0 Å². The molecular formula is C19H29NO. The molecule has 2 nitrogen and oxygen atoms in total. The number of aryl methyl sites for hydroxylation is 1. The number of aliphatic hydroxyl groups is 1.